The molecule has 22 heavy (non-hydrogen) atoms. The van der Waals surface area contributed by atoms with Gasteiger partial charge in [-0.1, -0.05) is 24.5 Å². The minimum Gasteiger partial charge on any atom is -0.383 e. The van der Waals surface area contributed by atoms with E-state index in [1.165, 1.54) is 6.26 Å². The molecule has 1 aromatic heterocycles. The van der Waals surface area contributed by atoms with Crippen molar-refractivity contribution in [1.82, 2.24) is 15.0 Å². The van der Waals surface area contributed by atoms with E-state index in [-0.39, 0.29) is 4.90 Å². The predicted molar refractivity (Wildman–Crippen MR) is 81.5 cm³/mol. The third-order valence-electron chi connectivity index (χ3n) is 4.18. The van der Waals surface area contributed by atoms with Gasteiger partial charge in [-0.15, -0.1) is 5.10 Å². The summed E-state index contributed by atoms with van der Waals surface area (Å²) in [6, 6.07) is 6.45. The molecular formula is C15H19N3O3S. The Bertz CT molecular complexity index is 760. The fourth-order valence-corrected chi connectivity index (χ4v) is 3.47. The molecule has 0 spiro atoms. The first kappa shape index (κ1) is 15.2. The summed E-state index contributed by atoms with van der Waals surface area (Å²) >= 11 is 0. The van der Waals surface area contributed by atoms with E-state index in [9.17, 15) is 13.5 Å². The molecule has 0 atom stereocenters. The molecule has 3 rings (SSSR count). The molecule has 1 fully saturated rings. The van der Waals surface area contributed by atoms with Gasteiger partial charge in [-0.25, -0.2) is 13.1 Å². The van der Waals surface area contributed by atoms with Crippen LogP contribution in [0.15, 0.2) is 35.4 Å². The molecule has 1 N–H and O–H groups in total. The molecule has 2 aromatic rings. The molecule has 0 radical (unpaired) electrons. The summed E-state index contributed by atoms with van der Waals surface area (Å²) in [7, 11) is -3.21. The van der Waals surface area contributed by atoms with Gasteiger partial charge < -0.3 is 5.11 Å². The summed E-state index contributed by atoms with van der Waals surface area (Å²) in [6.45, 7) is 0. The Morgan fingerprint density at radius 1 is 1.14 bits per heavy atom. The van der Waals surface area contributed by atoms with E-state index in [2.05, 4.69) is 10.3 Å². The van der Waals surface area contributed by atoms with Crippen molar-refractivity contribution in [2.24, 2.45) is 0 Å². The SMILES string of the molecule is CS(=O)(=O)c1ccc(-n2cc(C3(O)CCCCC3)nn2)cc1. The van der Waals surface area contributed by atoms with Crippen LogP contribution in [-0.2, 0) is 15.4 Å². The zero-order chi connectivity index (χ0) is 15.8. The van der Waals surface area contributed by atoms with Crippen molar-refractivity contribution in [1.29, 1.82) is 0 Å². The Kier molecular flexibility index (Phi) is 3.78. The number of aliphatic hydroxyl groups is 1. The number of aromatic nitrogens is 3. The van der Waals surface area contributed by atoms with Crippen molar-refractivity contribution in [3.63, 3.8) is 0 Å². The minimum absolute atomic E-state index is 0.266. The number of sulfone groups is 1. The summed E-state index contributed by atoms with van der Waals surface area (Å²) in [5, 5.41) is 18.8. The standard InChI is InChI=1S/C15H19N3O3S/c1-22(20,21)13-7-5-12(6-8-13)18-11-14(16-17-18)15(19)9-3-2-4-10-15/h5-8,11,19H,2-4,9-10H2,1H3. The zero-order valence-corrected chi connectivity index (χ0v) is 13.3. The van der Waals surface area contributed by atoms with E-state index < -0.39 is 15.4 Å². The Labute approximate surface area is 129 Å². The normalized spacial score (nSPS) is 18.3. The van der Waals surface area contributed by atoms with E-state index in [4.69, 9.17) is 0 Å². The van der Waals surface area contributed by atoms with Gasteiger partial charge in [0.25, 0.3) is 0 Å². The quantitative estimate of drug-likeness (QED) is 0.932. The van der Waals surface area contributed by atoms with E-state index in [1.54, 1.807) is 35.1 Å². The summed E-state index contributed by atoms with van der Waals surface area (Å²) in [5.74, 6) is 0. The molecule has 0 amide bonds. The summed E-state index contributed by atoms with van der Waals surface area (Å²) in [4.78, 5) is 0.266. The van der Waals surface area contributed by atoms with Gasteiger partial charge in [0.05, 0.1) is 16.8 Å². The van der Waals surface area contributed by atoms with Gasteiger partial charge in [0, 0.05) is 6.26 Å². The van der Waals surface area contributed by atoms with Gasteiger partial charge in [0.15, 0.2) is 9.84 Å². The second-order valence-electron chi connectivity index (χ2n) is 5.91. The fourth-order valence-electron chi connectivity index (χ4n) is 2.84. The van der Waals surface area contributed by atoms with E-state index in [0.29, 0.717) is 24.2 Å². The van der Waals surface area contributed by atoms with Crippen LogP contribution in [0.5, 0.6) is 0 Å². The molecular weight excluding hydrogens is 302 g/mol. The molecule has 118 valence electrons. The van der Waals surface area contributed by atoms with Gasteiger partial charge >= 0.3 is 0 Å². The second kappa shape index (κ2) is 5.48. The Balaban J connectivity index is 1.87. The summed E-state index contributed by atoms with van der Waals surface area (Å²) in [5.41, 5.74) is 0.411. The van der Waals surface area contributed by atoms with E-state index >= 15 is 0 Å². The molecule has 1 saturated carbocycles. The highest BCUT2D eigenvalue weighted by Gasteiger charge is 2.34. The summed E-state index contributed by atoms with van der Waals surface area (Å²) in [6.07, 6.45) is 7.44. The van der Waals surface area contributed by atoms with Crippen molar-refractivity contribution in [2.75, 3.05) is 6.26 Å². The van der Waals surface area contributed by atoms with Gasteiger partial charge in [0.1, 0.15) is 11.3 Å². The van der Waals surface area contributed by atoms with E-state index in [1.807, 2.05) is 0 Å². The van der Waals surface area contributed by atoms with Crippen LogP contribution in [0.25, 0.3) is 5.69 Å². The maximum atomic E-state index is 11.5. The van der Waals surface area contributed by atoms with Crippen molar-refractivity contribution in [2.45, 2.75) is 42.6 Å². The molecule has 0 unspecified atom stereocenters. The molecule has 0 bridgehead atoms. The van der Waals surface area contributed by atoms with Crippen LogP contribution in [-0.4, -0.2) is 34.8 Å². The van der Waals surface area contributed by atoms with Crippen LogP contribution in [0, 0.1) is 0 Å². The molecule has 7 heteroatoms. The van der Waals surface area contributed by atoms with Crippen LogP contribution in [0.2, 0.25) is 0 Å². The second-order valence-corrected chi connectivity index (χ2v) is 7.92. The molecule has 1 heterocycles. The number of benzene rings is 1. The average molecular weight is 321 g/mol. The molecule has 1 aliphatic carbocycles. The number of hydrogen-bond donors (Lipinski definition) is 1. The summed E-state index contributed by atoms with van der Waals surface area (Å²) < 4.78 is 24.5. The molecule has 0 saturated heterocycles. The lowest BCUT2D eigenvalue weighted by Gasteiger charge is -2.29. The first-order valence-corrected chi connectivity index (χ1v) is 9.23. The first-order chi connectivity index (χ1) is 10.4. The van der Waals surface area contributed by atoms with Crippen molar-refractivity contribution >= 4 is 9.84 Å². The Hall–Kier alpha value is -1.73. The Morgan fingerprint density at radius 2 is 1.77 bits per heavy atom. The highest BCUT2D eigenvalue weighted by Crippen LogP contribution is 2.35. The third-order valence-corrected chi connectivity index (χ3v) is 5.31. The van der Waals surface area contributed by atoms with Gasteiger partial charge in [-0.2, -0.15) is 0 Å². The topological polar surface area (TPSA) is 85.1 Å². The predicted octanol–water partition coefficient (Wildman–Crippen LogP) is 1.82. The van der Waals surface area contributed by atoms with Gasteiger partial charge in [-0.05, 0) is 37.1 Å². The van der Waals surface area contributed by atoms with Crippen LogP contribution in [0.1, 0.15) is 37.8 Å². The molecule has 1 aliphatic rings. The molecule has 1 aromatic carbocycles. The van der Waals surface area contributed by atoms with Crippen LogP contribution < -0.4 is 0 Å². The Morgan fingerprint density at radius 3 is 2.36 bits per heavy atom. The fraction of sp³-hybridized carbons (Fsp3) is 0.467. The largest absolute Gasteiger partial charge is 0.383 e. The van der Waals surface area contributed by atoms with Crippen LogP contribution in [0.3, 0.4) is 0 Å². The van der Waals surface area contributed by atoms with Gasteiger partial charge in [0.2, 0.25) is 0 Å². The molecule has 0 aliphatic heterocycles. The first-order valence-electron chi connectivity index (χ1n) is 7.34. The zero-order valence-electron chi connectivity index (χ0n) is 12.4. The van der Waals surface area contributed by atoms with Crippen LogP contribution in [0.4, 0.5) is 0 Å². The maximum Gasteiger partial charge on any atom is 0.175 e. The smallest absolute Gasteiger partial charge is 0.175 e. The number of nitrogens with zero attached hydrogens (tertiary/aromatic N) is 3. The number of hydrogen-bond acceptors (Lipinski definition) is 5. The van der Waals surface area contributed by atoms with E-state index in [0.717, 1.165) is 19.3 Å². The minimum atomic E-state index is -3.21. The highest BCUT2D eigenvalue weighted by molar-refractivity contribution is 7.90. The lowest BCUT2D eigenvalue weighted by atomic mass is 9.83. The monoisotopic (exact) mass is 321 g/mol. The molecule has 6 nitrogen and oxygen atoms in total. The highest BCUT2D eigenvalue weighted by atomic mass is 32.2. The van der Waals surface area contributed by atoms with Crippen molar-refractivity contribution in [3.8, 4) is 5.69 Å². The number of rotatable bonds is 3. The lowest BCUT2D eigenvalue weighted by Crippen LogP contribution is -2.28. The van der Waals surface area contributed by atoms with Crippen molar-refractivity contribution in [3.05, 3.63) is 36.2 Å². The van der Waals surface area contributed by atoms with Gasteiger partial charge in [-0.3, -0.25) is 0 Å². The lowest BCUT2D eigenvalue weighted by molar-refractivity contribution is -0.00472. The average Bonchev–Trinajstić information content (AvgIpc) is 2.98. The van der Waals surface area contributed by atoms with Crippen molar-refractivity contribution < 1.29 is 13.5 Å². The van der Waals surface area contributed by atoms with Crippen LogP contribution >= 0.6 is 0 Å². The maximum absolute atomic E-state index is 11.5. The third kappa shape index (κ3) is 2.91.